The lowest BCUT2D eigenvalue weighted by Gasteiger charge is -2.26. The molecule has 40 heavy (non-hydrogen) atoms. The molecule has 5 rings (SSSR count). The number of phenolic OH excluding ortho intramolecular Hbond substituents is 1. The SMILES string of the molecule is CC(C)(c1ccc(O)cc1)c1ccc(OC(=O)c2ccc(-c3ccccc3)c(C(=O)O)c2-c2ccccc2)cc1. The number of ether oxygens (including phenoxy) is 1. The summed E-state index contributed by atoms with van der Waals surface area (Å²) in [7, 11) is 0. The van der Waals surface area contributed by atoms with Crippen LogP contribution < -0.4 is 4.74 Å². The normalized spacial score (nSPS) is 11.2. The molecule has 5 heteroatoms. The number of carboxylic acid groups (broad SMARTS) is 1. The van der Waals surface area contributed by atoms with Gasteiger partial charge in [0.25, 0.3) is 0 Å². The van der Waals surface area contributed by atoms with Crippen molar-refractivity contribution in [2.45, 2.75) is 19.3 Å². The van der Waals surface area contributed by atoms with E-state index in [-0.39, 0.29) is 22.3 Å². The van der Waals surface area contributed by atoms with Crippen LogP contribution in [0.1, 0.15) is 45.7 Å². The third-order valence-corrected chi connectivity index (χ3v) is 7.16. The fourth-order valence-electron chi connectivity index (χ4n) is 4.90. The highest BCUT2D eigenvalue weighted by Gasteiger charge is 2.26. The number of esters is 1. The number of carboxylic acids is 1. The summed E-state index contributed by atoms with van der Waals surface area (Å²) in [4.78, 5) is 26.2. The van der Waals surface area contributed by atoms with Gasteiger partial charge in [0.05, 0.1) is 11.1 Å². The molecule has 0 atom stereocenters. The van der Waals surface area contributed by atoms with E-state index in [0.29, 0.717) is 22.4 Å². The summed E-state index contributed by atoms with van der Waals surface area (Å²) in [6.07, 6.45) is 0. The predicted octanol–water partition coefficient (Wildman–Crippen LogP) is 7.97. The monoisotopic (exact) mass is 528 g/mol. The molecule has 0 saturated carbocycles. The van der Waals surface area contributed by atoms with E-state index >= 15 is 0 Å². The molecule has 0 spiro atoms. The van der Waals surface area contributed by atoms with E-state index in [2.05, 4.69) is 13.8 Å². The van der Waals surface area contributed by atoms with E-state index in [4.69, 9.17) is 4.74 Å². The number of benzene rings is 5. The molecule has 5 aromatic carbocycles. The van der Waals surface area contributed by atoms with E-state index in [9.17, 15) is 19.8 Å². The minimum Gasteiger partial charge on any atom is -0.508 e. The van der Waals surface area contributed by atoms with Crippen LogP contribution in [0.3, 0.4) is 0 Å². The van der Waals surface area contributed by atoms with E-state index in [0.717, 1.165) is 16.7 Å². The van der Waals surface area contributed by atoms with Crippen molar-refractivity contribution in [3.63, 3.8) is 0 Å². The number of aromatic carboxylic acids is 1. The molecule has 5 aromatic rings. The Kier molecular flexibility index (Phi) is 7.21. The molecular weight excluding hydrogens is 500 g/mol. The minimum absolute atomic E-state index is 0.0397. The molecule has 2 N–H and O–H groups in total. The molecule has 0 aromatic heterocycles. The highest BCUT2D eigenvalue weighted by molar-refractivity contribution is 6.10. The molecule has 5 nitrogen and oxygen atoms in total. The maximum absolute atomic E-state index is 13.5. The average molecular weight is 529 g/mol. The largest absolute Gasteiger partial charge is 0.508 e. The number of carbonyl (C=O) groups excluding carboxylic acids is 1. The van der Waals surface area contributed by atoms with Crippen LogP contribution in [0.5, 0.6) is 11.5 Å². The molecule has 0 unspecified atom stereocenters. The number of hydrogen-bond donors (Lipinski definition) is 2. The Balaban J connectivity index is 1.52. The van der Waals surface area contributed by atoms with Gasteiger partial charge in [-0.2, -0.15) is 0 Å². The fraction of sp³-hybridized carbons (Fsp3) is 0.0857. The second-order valence-electron chi connectivity index (χ2n) is 10.0. The Morgan fingerprint density at radius 3 is 1.73 bits per heavy atom. The standard InChI is InChI=1S/C35H28O5/c1-35(2,25-13-17-27(36)18-14-25)26-15-19-28(20-16-26)40-34(39)30-22-21-29(23-9-5-3-6-10-23)32(33(37)38)31(30)24-11-7-4-8-12-24/h3-22,36H,1-2H3,(H,37,38). The quantitative estimate of drug-likeness (QED) is 0.165. The fourth-order valence-corrected chi connectivity index (χ4v) is 4.90. The van der Waals surface area contributed by atoms with Gasteiger partial charge in [0, 0.05) is 11.0 Å². The van der Waals surface area contributed by atoms with Crippen molar-refractivity contribution < 1.29 is 24.5 Å². The number of hydrogen-bond acceptors (Lipinski definition) is 4. The Bertz CT molecular complexity index is 1650. The summed E-state index contributed by atoms with van der Waals surface area (Å²) < 4.78 is 5.77. The van der Waals surface area contributed by atoms with Crippen LogP contribution in [0.25, 0.3) is 22.3 Å². The Morgan fingerprint density at radius 2 is 1.18 bits per heavy atom. The maximum Gasteiger partial charge on any atom is 0.344 e. The lowest BCUT2D eigenvalue weighted by Crippen LogP contribution is -2.18. The molecule has 0 saturated heterocycles. The zero-order valence-corrected chi connectivity index (χ0v) is 22.2. The zero-order chi connectivity index (χ0) is 28.3. The Hall–Kier alpha value is -5.16. The van der Waals surface area contributed by atoms with E-state index in [1.807, 2.05) is 60.7 Å². The van der Waals surface area contributed by atoms with Gasteiger partial charge in [-0.3, -0.25) is 0 Å². The second kappa shape index (κ2) is 10.9. The van der Waals surface area contributed by atoms with Crippen molar-refractivity contribution >= 4 is 11.9 Å². The van der Waals surface area contributed by atoms with Crippen LogP contribution in [-0.2, 0) is 5.41 Å². The molecule has 0 amide bonds. The number of phenols is 1. The molecular formula is C35H28O5. The van der Waals surface area contributed by atoms with Gasteiger partial charge in [-0.25, -0.2) is 9.59 Å². The molecule has 0 aliphatic heterocycles. The molecule has 0 bridgehead atoms. The van der Waals surface area contributed by atoms with Crippen molar-refractivity contribution in [2.24, 2.45) is 0 Å². The Labute approximate surface area is 233 Å². The van der Waals surface area contributed by atoms with Crippen LogP contribution >= 0.6 is 0 Å². The van der Waals surface area contributed by atoms with Gasteiger partial charge in [-0.1, -0.05) is 105 Å². The molecule has 0 fully saturated rings. The number of carbonyl (C=O) groups is 2. The first-order chi connectivity index (χ1) is 19.3. The third-order valence-electron chi connectivity index (χ3n) is 7.16. The summed E-state index contributed by atoms with van der Waals surface area (Å²) >= 11 is 0. The third kappa shape index (κ3) is 5.22. The van der Waals surface area contributed by atoms with Crippen molar-refractivity contribution in [1.82, 2.24) is 0 Å². The van der Waals surface area contributed by atoms with Gasteiger partial charge >= 0.3 is 11.9 Å². The van der Waals surface area contributed by atoms with Crippen molar-refractivity contribution in [2.75, 3.05) is 0 Å². The van der Waals surface area contributed by atoms with E-state index in [1.54, 1.807) is 60.7 Å². The van der Waals surface area contributed by atoms with E-state index in [1.165, 1.54) is 0 Å². The van der Waals surface area contributed by atoms with Gasteiger partial charge in [-0.05, 0) is 58.1 Å². The highest BCUT2D eigenvalue weighted by atomic mass is 16.5. The summed E-state index contributed by atoms with van der Waals surface area (Å²) in [5.41, 5.74) is 4.06. The van der Waals surface area contributed by atoms with Gasteiger partial charge in [0.1, 0.15) is 11.5 Å². The van der Waals surface area contributed by atoms with Crippen LogP contribution in [0.4, 0.5) is 0 Å². The predicted molar refractivity (Wildman–Crippen MR) is 156 cm³/mol. The lowest BCUT2D eigenvalue weighted by atomic mass is 9.78. The second-order valence-corrected chi connectivity index (χ2v) is 10.0. The zero-order valence-electron chi connectivity index (χ0n) is 22.2. The van der Waals surface area contributed by atoms with Crippen LogP contribution in [0, 0.1) is 0 Å². The minimum atomic E-state index is -1.13. The average Bonchev–Trinajstić information content (AvgIpc) is 2.97. The first-order valence-electron chi connectivity index (χ1n) is 12.9. The molecule has 0 heterocycles. The maximum atomic E-state index is 13.5. The van der Waals surface area contributed by atoms with Crippen molar-refractivity contribution in [3.8, 4) is 33.8 Å². The number of rotatable bonds is 7. The highest BCUT2D eigenvalue weighted by Crippen LogP contribution is 2.37. The van der Waals surface area contributed by atoms with Gasteiger partial charge in [-0.15, -0.1) is 0 Å². The first kappa shape index (κ1) is 26.4. The molecule has 198 valence electrons. The van der Waals surface area contributed by atoms with Crippen molar-refractivity contribution in [1.29, 1.82) is 0 Å². The number of aromatic hydroxyl groups is 1. The Morgan fingerprint density at radius 1 is 0.650 bits per heavy atom. The molecule has 0 radical (unpaired) electrons. The van der Waals surface area contributed by atoms with E-state index < -0.39 is 11.9 Å². The topological polar surface area (TPSA) is 83.8 Å². The van der Waals surface area contributed by atoms with Gasteiger partial charge in [0.2, 0.25) is 0 Å². The van der Waals surface area contributed by atoms with Crippen LogP contribution in [0.2, 0.25) is 0 Å². The summed E-state index contributed by atoms with van der Waals surface area (Å²) in [6.45, 7) is 4.16. The van der Waals surface area contributed by atoms with Gasteiger partial charge in [0.15, 0.2) is 0 Å². The van der Waals surface area contributed by atoms with Crippen molar-refractivity contribution in [3.05, 3.63) is 144 Å². The summed E-state index contributed by atoms with van der Waals surface area (Å²) in [5.74, 6) is -1.22. The first-order valence-corrected chi connectivity index (χ1v) is 12.9. The van der Waals surface area contributed by atoms with Crippen LogP contribution in [-0.4, -0.2) is 22.2 Å². The van der Waals surface area contributed by atoms with Crippen LogP contribution in [0.15, 0.2) is 121 Å². The lowest BCUT2D eigenvalue weighted by molar-refractivity contribution is 0.0698. The van der Waals surface area contributed by atoms with Gasteiger partial charge < -0.3 is 14.9 Å². The smallest absolute Gasteiger partial charge is 0.344 e. The molecule has 0 aliphatic carbocycles. The summed E-state index contributed by atoms with van der Waals surface area (Å²) in [6, 6.07) is 35.9. The summed E-state index contributed by atoms with van der Waals surface area (Å²) in [5, 5.41) is 20.0. The molecule has 0 aliphatic rings.